The van der Waals surface area contributed by atoms with Gasteiger partial charge in [-0.3, -0.25) is 4.79 Å². The quantitative estimate of drug-likeness (QED) is 0.593. The summed E-state index contributed by atoms with van der Waals surface area (Å²) in [5.74, 6) is -2.52. The highest BCUT2D eigenvalue weighted by atomic mass is 16.5. The van der Waals surface area contributed by atoms with Crippen LogP contribution in [-0.2, 0) is 14.3 Å². The number of nitrogens with one attached hydrogen (secondary N) is 1. The lowest BCUT2D eigenvalue weighted by Gasteiger charge is -2.33. The molecule has 1 aliphatic carbocycles. The second-order valence-electron chi connectivity index (χ2n) is 6.41. The summed E-state index contributed by atoms with van der Waals surface area (Å²) in [6.45, 7) is 4.53. The maximum absolute atomic E-state index is 11.6. The first kappa shape index (κ1) is 17.8. The SMILES string of the molecule is CCCCO[C@@H]1CCC[C@@H]2C1=C(C(=O)O)N[C@@H]2[C@@H](CC)C(=O)O. The summed E-state index contributed by atoms with van der Waals surface area (Å²) in [7, 11) is 0. The second kappa shape index (κ2) is 7.81. The Bertz CT molecular complexity index is 487. The molecule has 4 atom stereocenters. The van der Waals surface area contributed by atoms with Crippen LogP contribution in [0.15, 0.2) is 11.3 Å². The molecule has 0 aromatic rings. The molecule has 130 valence electrons. The fourth-order valence-corrected chi connectivity index (χ4v) is 3.83. The molecular formula is C17H27NO5. The first-order valence-corrected chi connectivity index (χ1v) is 8.59. The normalized spacial score (nSPS) is 28.2. The zero-order valence-electron chi connectivity index (χ0n) is 13.9. The summed E-state index contributed by atoms with van der Waals surface area (Å²) in [6.07, 6.45) is 4.82. The molecule has 1 aliphatic heterocycles. The zero-order chi connectivity index (χ0) is 17.0. The monoisotopic (exact) mass is 325 g/mol. The third kappa shape index (κ3) is 3.68. The smallest absolute Gasteiger partial charge is 0.352 e. The fourth-order valence-electron chi connectivity index (χ4n) is 3.83. The van der Waals surface area contributed by atoms with Crippen molar-refractivity contribution in [2.75, 3.05) is 6.61 Å². The van der Waals surface area contributed by atoms with E-state index in [4.69, 9.17) is 4.74 Å². The van der Waals surface area contributed by atoms with E-state index in [0.29, 0.717) is 13.0 Å². The Labute approximate surface area is 136 Å². The minimum atomic E-state index is -1.02. The fraction of sp³-hybridized carbons (Fsp3) is 0.765. The van der Waals surface area contributed by atoms with Crippen LogP contribution in [0.5, 0.6) is 0 Å². The van der Waals surface area contributed by atoms with E-state index in [-0.39, 0.29) is 23.8 Å². The van der Waals surface area contributed by atoms with Crippen LogP contribution >= 0.6 is 0 Å². The summed E-state index contributed by atoms with van der Waals surface area (Å²) in [5.41, 5.74) is 0.949. The molecule has 0 aromatic carbocycles. The molecule has 2 aliphatic rings. The van der Waals surface area contributed by atoms with E-state index < -0.39 is 17.9 Å². The number of rotatable bonds is 8. The molecule has 6 heteroatoms. The first-order valence-electron chi connectivity index (χ1n) is 8.59. The highest BCUT2D eigenvalue weighted by Crippen LogP contribution is 2.42. The third-order valence-electron chi connectivity index (χ3n) is 4.98. The Morgan fingerprint density at radius 3 is 2.61 bits per heavy atom. The highest BCUT2D eigenvalue weighted by Gasteiger charge is 2.47. The molecule has 1 fully saturated rings. The number of carboxylic acids is 2. The Balaban J connectivity index is 2.25. The number of aliphatic carboxylic acids is 2. The Kier molecular flexibility index (Phi) is 6.04. The van der Waals surface area contributed by atoms with Crippen molar-refractivity contribution in [2.45, 2.75) is 64.5 Å². The van der Waals surface area contributed by atoms with Gasteiger partial charge in [-0.1, -0.05) is 20.3 Å². The molecule has 0 unspecified atom stereocenters. The van der Waals surface area contributed by atoms with Gasteiger partial charge in [0.05, 0.1) is 12.0 Å². The lowest BCUT2D eigenvalue weighted by molar-refractivity contribution is -0.143. The Morgan fingerprint density at radius 1 is 1.30 bits per heavy atom. The van der Waals surface area contributed by atoms with Crippen LogP contribution in [0.1, 0.15) is 52.4 Å². The molecule has 0 bridgehead atoms. The van der Waals surface area contributed by atoms with Crippen molar-refractivity contribution in [3.63, 3.8) is 0 Å². The summed E-state index contributed by atoms with van der Waals surface area (Å²) in [5, 5.41) is 22.0. The van der Waals surface area contributed by atoms with Gasteiger partial charge in [-0.15, -0.1) is 0 Å². The summed E-state index contributed by atoms with van der Waals surface area (Å²) in [6, 6.07) is -0.351. The molecular weight excluding hydrogens is 298 g/mol. The molecule has 6 nitrogen and oxygen atoms in total. The van der Waals surface area contributed by atoms with Crippen molar-refractivity contribution in [2.24, 2.45) is 11.8 Å². The van der Waals surface area contributed by atoms with Gasteiger partial charge >= 0.3 is 11.9 Å². The molecule has 0 amide bonds. The molecule has 1 heterocycles. The van der Waals surface area contributed by atoms with Gasteiger partial charge < -0.3 is 20.3 Å². The van der Waals surface area contributed by atoms with Gasteiger partial charge in [0, 0.05) is 18.6 Å². The van der Waals surface area contributed by atoms with Crippen LogP contribution in [0.4, 0.5) is 0 Å². The average molecular weight is 325 g/mol. The van der Waals surface area contributed by atoms with E-state index >= 15 is 0 Å². The third-order valence-corrected chi connectivity index (χ3v) is 4.98. The molecule has 0 spiro atoms. The molecule has 1 saturated carbocycles. The van der Waals surface area contributed by atoms with Crippen molar-refractivity contribution in [1.82, 2.24) is 5.32 Å². The number of unbranched alkanes of at least 4 members (excludes halogenated alkanes) is 1. The van der Waals surface area contributed by atoms with Gasteiger partial charge in [0.1, 0.15) is 5.70 Å². The van der Waals surface area contributed by atoms with E-state index in [1.807, 2.05) is 6.92 Å². The van der Waals surface area contributed by atoms with E-state index in [1.165, 1.54) is 0 Å². The molecule has 0 radical (unpaired) electrons. The summed E-state index contributed by atoms with van der Waals surface area (Å²) >= 11 is 0. The molecule has 23 heavy (non-hydrogen) atoms. The van der Waals surface area contributed by atoms with E-state index in [0.717, 1.165) is 37.7 Å². The largest absolute Gasteiger partial charge is 0.481 e. The minimum Gasteiger partial charge on any atom is -0.481 e. The van der Waals surface area contributed by atoms with Crippen LogP contribution in [0.25, 0.3) is 0 Å². The van der Waals surface area contributed by atoms with Crippen LogP contribution in [0.2, 0.25) is 0 Å². The van der Waals surface area contributed by atoms with Gasteiger partial charge in [-0.25, -0.2) is 4.79 Å². The Hall–Kier alpha value is -1.56. The topological polar surface area (TPSA) is 95.9 Å². The number of hydrogen-bond donors (Lipinski definition) is 3. The van der Waals surface area contributed by atoms with Gasteiger partial charge in [0.25, 0.3) is 0 Å². The maximum atomic E-state index is 11.6. The highest BCUT2D eigenvalue weighted by molar-refractivity contribution is 5.88. The first-order chi connectivity index (χ1) is 11.0. The predicted molar refractivity (Wildman–Crippen MR) is 85.0 cm³/mol. The molecule has 0 aromatic heterocycles. The molecule has 2 rings (SSSR count). The van der Waals surface area contributed by atoms with Crippen molar-refractivity contribution >= 4 is 11.9 Å². The van der Waals surface area contributed by atoms with Crippen molar-refractivity contribution in [3.8, 4) is 0 Å². The summed E-state index contributed by atoms with van der Waals surface area (Å²) < 4.78 is 5.93. The van der Waals surface area contributed by atoms with Gasteiger partial charge in [0.15, 0.2) is 0 Å². The van der Waals surface area contributed by atoms with Crippen LogP contribution in [0.3, 0.4) is 0 Å². The van der Waals surface area contributed by atoms with Crippen LogP contribution in [0, 0.1) is 11.8 Å². The van der Waals surface area contributed by atoms with Crippen molar-refractivity contribution in [1.29, 1.82) is 0 Å². The average Bonchev–Trinajstić information content (AvgIpc) is 2.89. The number of ether oxygens (including phenoxy) is 1. The predicted octanol–water partition coefficient (Wildman–Crippen LogP) is 2.39. The zero-order valence-corrected chi connectivity index (χ0v) is 13.9. The molecule has 3 N–H and O–H groups in total. The van der Waals surface area contributed by atoms with Crippen LogP contribution in [-0.4, -0.2) is 40.9 Å². The lowest BCUT2D eigenvalue weighted by Crippen LogP contribution is -2.42. The Morgan fingerprint density at radius 2 is 2.04 bits per heavy atom. The summed E-state index contributed by atoms with van der Waals surface area (Å²) in [4.78, 5) is 23.2. The van der Waals surface area contributed by atoms with E-state index in [9.17, 15) is 19.8 Å². The standard InChI is InChI=1S/C17H27NO5/c1-3-5-9-23-12-8-6-7-11-13(12)15(17(21)22)18-14(11)10(4-2)16(19)20/h10-12,14,18H,3-9H2,1-2H3,(H,19,20)(H,21,22)/t10-,11-,12-,14-/m1/s1. The van der Waals surface area contributed by atoms with Crippen molar-refractivity contribution in [3.05, 3.63) is 11.3 Å². The van der Waals surface area contributed by atoms with Crippen LogP contribution < -0.4 is 5.32 Å². The number of carbonyl (C=O) groups is 2. The van der Waals surface area contributed by atoms with E-state index in [2.05, 4.69) is 12.2 Å². The number of fused-ring (bicyclic) bond motifs is 1. The maximum Gasteiger partial charge on any atom is 0.352 e. The van der Waals surface area contributed by atoms with Gasteiger partial charge in [-0.2, -0.15) is 0 Å². The van der Waals surface area contributed by atoms with E-state index in [1.54, 1.807) is 0 Å². The number of hydrogen-bond acceptors (Lipinski definition) is 4. The molecule has 0 saturated heterocycles. The minimum absolute atomic E-state index is 0.0532. The second-order valence-corrected chi connectivity index (χ2v) is 6.41. The number of carboxylic acid groups (broad SMARTS) is 2. The van der Waals surface area contributed by atoms with Gasteiger partial charge in [0.2, 0.25) is 0 Å². The van der Waals surface area contributed by atoms with Crippen molar-refractivity contribution < 1.29 is 24.5 Å². The van der Waals surface area contributed by atoms with Gasteiger partial charge in [-0.05, 0) is 37.7 Å². The lowest BCUT2D eigenvalue weighted by atomic mass is 9.75.